The zero-order valence-electron chi connectivity index (χ0n) is 14.2. The number of esters is 1. The van der Waals surface area contributed by atoms with Crippen molar-refractivity contribution < 1.29 is 17.9 Å². The molecule has 0 fully saturated rings. The fourth-order valence-electron chi connectivity index (χ4n) is 2.40. The Labute approximate surface area is 142 Å². The SMILES string of the molecule is COC(=O)c1ccc(CN(c2cc(C)ccc2C)S(C)(=O)=O)cc1. The van der Waals surface area contributed by atoms with Gasteiger partial charge in [-0.15, -0.1) is 0 Å². The van der Waals surface area contributed by atoms with Crippen LogP contribution in [0.5, 0.6) is 0 Å². The van der Waals surface area contributed by atoms with E-state index in [2.05, 4.69) is 4.74 Å². The Kier molecular flexibility index (Phi) is 5.29. The van der Waals surface area contributed by atoms with Crippen LogP contribution in [0.15, 0.2) is 42.5 Å². The van der Waals surface area contributed by atoms with Gasteiger partial charge >= 0.3 is 5.97 Å². The summed E-state index contributed by atoms with van der Waals surface area (Å²) < 4.78 is 30.6. The number of rotatable bonds is 5. The molecular formula is C18H21NO4S. The van der Waals surface area contributed by atoms with Gasteiger partial charge < -0.3 is 4.74 Å². The van der Waals surface area contributed by atoms with E-state index >= 15 is 0 Å². The molecule has 0 aromatic heterocycles. The Morgan fingerprint density at radius 2 is 1.71 bits per heavy atom. The van der Waals surface area contributed by atoms with E-state index < -0.39 is 16.0 Å². The Morgan fingerprint density at radius 3 is 2.25 bits per heavy atom. The maximum atomic E-state index is 12.3. The van der Waals surface area contributed by atoms with E-state index in [1.165, 1.54) is 17.7 Å². The molecule has 128 valence electrons. The van der Waals surface area contributed by atoms with Crippen LogP contribution in [-0.2, 0) is 21.3 Å². The maximum absolute atomic E-state index is 12.3. The van der Waals surface area contributed by atoms with Crippen molar-refractivity contribution >= 4 is 21.7 Å². The standard InChI is InChI=1S/C18H21NO4S/c1-13-5-6-14(2)17(11-13)19(24(4,21)22)12-15-7-9-16(10-8-15)18(20)23-3/h5-11H,12H2,1-4H3. The number of methoxy groups -OCH3 is 1. The van der Waals surface area contributed by atoms with Gasteiger partial charge in [-0.3, -0.25) is 4.31 Å². The summed E-state index contributed by atoms with van der Waals surface area (Å²) in [6.07, 6.45) is 1.19. The Hall–Kier alpha value is -2.34. The third-order valence-corrected chi connectivity index (χ3v) is 4.86. The molecule has 0 saturated carbocycles. The summed E-state index contributed by atoms with van der Waals surface area (Å²) in [7, 11) is -2.12. The van der Waals surface area contributed by atoms with Crippen molar-refractivity contribution in [3.8, 4) is 0 Å². The second-order valence-corrected chi connectivity index (χ2v) is 7.65. The number of hydrogen-bond donors (Lipinski definition) is 0. The van der Waals surface area contributed by atoms with Crippen LogP contribution in [0, 0.1) is 13.8 Å². The van der Waals surface area contributed by atoms with Crippen molar-refractivity contribution in [3.63, 3.8) is 0 Å². The zero-order valence-corrected chi connectivity index (χ0v) is 15.1. The largest absolute Gasteiger partial charge is 0.465 e. The van der Waals surface area contributed by atoms with Crippen LogP contribution in [-0.4, -0.2) is 27.8 Å². The summed E-state index contributed by atoms with van der Waals surface area (Å²) in [4.78, 5) is 11.5. The number of anilines is 1. The zero-order chi connectivity index (χ0) is 17.9. The quantitative estimate of drug-likeness (QED) is 0.780. The van der Waals surface area contributed by atoms with Gasteiger partial charge in [0.15, 0.2) is 0 Å². The molecule has 0 N–H and O–H groups in total. The number of hydrogen-bond acceptors (Lipinski definition) is 4. The van der Waals surface area contributed by atoms with Crippen LogP contribution in [0.25, 0.3) is 0 Å². The highest BCUT2D eigenvalue weighted by Crippen LogP contribution is 2.26. The smallest absolute Gasteiger partial charge is 0.337 e. The van der Waals surface area contributed by atoms with E-state index in [1.807, 2.05) is 32.0 Å². The minimum absolute atomic E-state index is 0.199. The fourth-order valence-corrected chi connectivity index (χ4v) is 3.34. The number of sulfonamides is 1. The molecule has 0 aliphatic heterocycles. The van der Waals surface area contributed by atoms with E-state index in [4.69, 9.17) is 0 Å². The number of nitrogens with zero attached hydrogens (tertiary/aromatic N) is 1. The second-order valence-electron chi connectivity index (χ2n) is 5.75. The minimum atomic E-state index is -3.44. The molecule has 0 spiro atoms. The lowest BCUT2D eigenvalue weighted by Gasteiger charge is -2.24. The van der Waals surface area contributed by atoms with Crippen molar-refractivity contribution in [2.75, 3.05) is 17.7 Å². The van der Waals surface area contributed by atoms with Crippen LogP contribution in [0.1, 0.15) is 27.0 Å². The highest BCUT2D eigenvalue weighted by Gasteiger charge is 2.20. The third kappa shape index (κ3) is 4.14. The molecular weight excluding hydrogens is 326 g/mol. The van der Waals surface area contributed by atoms with Crippen LogP contribution < -0.4 is 4.31 Å². The predicted molar refractivity (Wildman–Crippen MR) is 94.7 cm³/mol. The van der Waals surface area contributed by atoms with Crippen LogP contribution in [0.4, 0.5) is 5.69 Å². The first-order valence-electron chi connectivity index (χ1n) is 7.44. The topological polar surface area (TPSA) is 63.7 Å². The Balaban J connectivity index is 2.37. The van der Waals surface area contributed by atoms with E-state index in [1.54, 1.807) is 24.3 Å². The molecule has 0 bridgehead atoms. The Morgan fingerprint density at radius 1 is 1.08 bits per heavy atom. The Bertz CT molecular complexity index is 842. The van der Waals surface area contributed by atoms with Crippen molar-refractivity contribution in [2.24, 2.45) is 0 Å². The molecule has 0 saturated heterocycles. The summed E-state index contributed by atoms with van der Waals surface area (Å²) >= 11 is 0. The first-order valence-corrected chi connectivity index (χ1v) is 9.29. The first kappa shape index (κ1) is 18.0. The van der Waals surface area contributed by atoms with Crippen LogP contribution >= 0.6 is 0 Å². The lowest BCUT2D eigenvalue weighted by molar-refractivity contribution is 0.0600. The fraction of sp³-hybridized carbons (Fsp3) is 0.278. The molecule has 0 unspecified atom stereocenters. The van der Waals surface area contributed by atoms with Gasteiger partial charge in [-0.25, -0.2) is 13.2 Å². The average molecular weight is 347 g/mol. The average Bonchev–Trinajstić information content (AvgIpc) is 2.54. The molecule has 0 atom stereocenters. The molecule has 0 heterocycles. The van der Waals surface area contributed by atoms with Gasteiger partial charge in [-0.1, -0.05) is 24.3 Å². The van der Waals surface area contributed by atoms with E-state index in [9.17, 15) is 13.2 Å². The van der Waals surface area contributed by atoms with Gasteiger partial charge in [0.05, 0.1) is 31.2 Å². The van der Waals surface area contributed by atoms with Gasteiger partial charge in [-0.2, -0.15) is 0 Å². The van der Waals surface area contributed by atoms with Gasteiger partial charge in [0.25, 0.3) is 0 Å². The second kappa shape index (κ2) is 7.05. The van der Waals surface area contributed by atoms with E-state index in [0.29, 0.717) is 11.3 Å². The molecule has 2 aromatic carbocycles. The molecule has 2 rings (SSSR count). The molecule has 2 aromatic rings. The highest BCUT2D eigenvalue weighted by atomic mass is 32.2. The van der Waals surface area contributed by atoms with Gasteiger partial charge in [0, 0.05) is 0 Å². The number of carbonyl (C=O) groups excluding carboxylic acids is 1. The molecule has 24 heavy (non-hydrogen) atoms. The number of ether oxygens (including phenoxy) is 1. The van der Waals surface area contributed by atoms with Crippen LogP contribution in [0.3, 0.4) is 0 Å². The number of aryl methyl sites for hydroxylation is 2. The lowest BCUT2D eigenvalue weighted by atomic mass is 10.1. The molecule has 0 aliphatic rings. The van der Waals surface area contributed by atoms with Crippen molar-refractivity contribution in [1.29, 1.82) is 0 Å². The summed E-state index contributed by atoms with van der Waals surface area (Å²) in [5, 5.41) is 0. The van der Waals surface area contributed by atoms with E-state index in [0.717, 1.165) is 16.7 Å². The van der Waals surface area contributed by atoms with Gasteiger partial charge in [-0.05, 0) is 48.7 Å². The van der Waals surface area contributed by atoms with Crippen LogP contribution in [0.2, 0.25) is 0 Å². The highest BCUT2D eigenvalue weighted by molar-refractivity contribution is 7.92. The monoisotopic (exact) mass is 347 g/mol. The van der Waals surface area contributed by atoms with Gasteiger partial charge in [0.1, 0.15) is 0 Å². The maximum Gasteiger partial charge on any atom is 0.337 e. The molecule has 6 heteroatoms. The normalized spacial score (nSPS) is 11.2. The van der Waals surface area contributed by atoms with Crippen molar-refractivity contribution in [1.82, 2.24) is 0 Å². The summed E-state index contributed by atoms with van der Waals surface area (Å²) in [6, 6.07) is 12.4. The summed E-state index contributed by atoms with van der Waals surface area (Å²) in [6.45, 7) is 4.01. The lowest BCUT2D eigenvalue weighted by Crippen LogP contribution is -2.30. The summed E-state index contributed by atoms with van der Waals surface area (Å²) in [5.41, 5.74) is 3.75. The van der Waals surface area contributed by atoms with Gasteiger partial charge in [0.2, 0.25) is 10.0 Å². The molecule has 5 nitrogen and oxygen atoms in total. The molecule has 0 amide bonds. The van der Waals surface area contributed by atoms with Crippen molar-refractivity contribution in [2.45, 2.75) is 20.4 Å². The summed E-state index contributed by atoms with van der Waals surface area (Å²) in [5.74, 6) is -0.420. The molecule has 0 radical (unpaired) electrons. The molecule has 0 aliphatic carbocycles. The number of benzene rings is 2. The number of carbonyl (C=O) groups is 1. The predicted octanol–water partition coefficient (Wildman–Crippen LogP) is 3.06. The van der Waals surface area contributed by atoms with Crippen molar-refractivity contribution in [3.05, 3.63) is 64.7 Å². The minimum Gasteiger partial charge on any atom is -0.465 e. The van der Waals surface area contributed by atoms with E-state index in [-0.39, 0.29) is 6.54 Å². The third-order valence-electron chi connectivity index (χ3n) is 3.73. The first-order chi connectivity index (χ1) is 11.2.